The molecule has 2 fully saturated rings. The van der Waals surface area contributed by atoms with Gasteiger partial charge >= 0.3 is 0 Å². The van der Waals surface area contributed by atoms with E-state index in [0.717, 1.165) is 65.0 Å². The van der Waals surface area contributed by atoms with E-state index in [2.05, 4.69) is 35.2 Å². The van der Waals surface area contributed by atoms with Gasteiger partial charge < -0.3 is 9.80 Å². The van der Waals surface area contributed by atoms with E-state index in [4.69, 9.17) is 0 Å². The number of hydrogen-bond acceptors (Lipinski definition) is 3. The lowest BCUT2D eigenvalue weighted by Crippen LogP contribution is -2.53. The number of benzene rings is 1. The van der Waals surface area contributed by atoms with E-state index < -0.39 is 0 Å². The molecule has 27 heavy (non-hydrogen) atoms. The van der Waals surface area contributed by atoms with Crippen molar-refractivity contribution in [1.29, 1.82) is 0 Å². The molecular weight excluding hydrogens is 338 g/mol. The minimum absolute atomic E-state index is 0.00424. The number of piperazine rings is 1. The van der Waals surface area contributed by atoms with Gasteiger partial charge in [-0.25, -0.2) is 0 Å². The highest BCUT2D eigenvalue weighted by molar-refractivity contribution is 5.81. The van der Waals surface area contributed by atoms with E-state index in [-0.39, 0.29) is 17.7 Å². The smallest absolute Gasteiger partial charge is 0.227 e. The standard InChI is InChI=1S/C22H33N3O2/c1-2-7-21(26)25-12-6-10-20(18-25)22(27)24-16-14-23(15-17-24)13-11-19-8-4-3-5-9-19/h3-5,8-9,20H,2,6-7,10-18H2,1H3. The van der Waals surface area contributed by atoms with E-state index in [9.17, 15) is 9.59 Å². The lowest BCUT2D eigenvalue weighted by atomic mass is 9.95. The highest BCUT2D eigenvalue weighted by Gasteiger charge is 2.32. The molecular formula is C22H33N3O2. The third-order valence-electron chi connectivity index (χ3n) is 5.83. The van der Waals surface area contributed by atoms with Crippen LogP contribution in [-0.2, 0) is 16.0 Å². The Labute approximate surface area is 163 Å². The number of carbonyl (C=O) groups is 2. The third-order valence-corrected chi connectivity index (χ3v) is 5.83. The molecule has 0 bridgehead atoms. The van der Waals surface area contributed by atoms with Gasteiger partial charge in [0, 0.05) is 52.2 Å². The summed E-state index contributed by atoms with van der Waals surface area (Å²) in [6, 6.07) is 10.6. The molecule has 0 aliphatic carbocycles. The summed E-state index contributed by atoms with van der Waals surface area (Å²) in [6.07, 6.45) is 4.40. The first kappa shape index (κ1) is 19.9. The molecule has 2 amide bonds. The van der Waals surface area contributed by atoms with Crippen LogP contribution >= 0.6 is 0 Å². The quantitative estimate of drug-likeness (QED) is 0.771. The van der Waals surface area contributed by atoms with Crippen LogP contribution in [-0.4, -0.2) is 72.3 Å². The summed E-state index contributed by atoms with van der Waals surface area (Å²) in [6.45, 7) is 8.03. The van der Waals surface area contributed by atoms with Gasteiger partial charge in [-0.3, -0.25) is 14.5 Å². The van der Waals surface area contributed by atoms with Crippen LogP contribution in [0.1, 0.15) is 38.2 Å². The number of carbonyl (C=O) groups excluding carboxylic acids is 2. The molecule has 0 saturated carbocycles. The van der Waals surface area contributed by atoms with Crippen LogP contribution in [0.2, 0.25) is 0 Å². The maximum Gasteiger partial charge on any atom is 0.227 e. The third kappa shape index (κ3) is 5.55. The van der Waals surface area contributed by atoms with E-state index in [1.54, 1.807) is 0 Å². The van der Waals surface area contributed by atoms with Crippen molar-refractivity contribution in [2.75, 3.05) is 45.8 Å². The Balaban J connectivity index is 1.43. The van der Waals surface area contributed by atoms with E-state index in [1.807, 2.05) is 16.7 Å². The zero-order chi connectivity index (χ0) is 19.1. The average molecular weight is 372 g/mol. The fourth-order valence-electron chi connectivity index (χ4n) is 4.16. The molecule has 1 atom stereocenters. The predicted molar refractivity (Wildman–Crippen MR) is 107 cm³/mol. The highest BCUT2D eigenvalue weighted by atomic mass is 16.2. The molecule has 5 heteroatoms. The van der Waals surface area contributed by atoms with Crippen molar-refractivity contribution in [2.45, 2.75) is 39.0 Å². The first-order chi connectivity index (χ1) is 13.2. The molecule has 3 rings (SSSR count). The second kappa shape index (κ2) is 9.88. The van der Waals surface area contributed by atoms with Crippen molar-refractivity contribution in [2.24, 2.45) is 5.92 Å². The summed E-state index contributed by atoms with van der Waals surface area (Å²) in [5.74, 6) is 0.461. The Morgan fingerprint density at radius 2 is 1.74 bits per heavy atom. The van der Waals surface area contributed by atoms with Crippen molar-refractivity contribution in [3.63, 3.8) is 0 Å². The number of nitrogens with zero attached hydrogens (tertiary/aromatic N) is 3. The van der Waals surface area contributed by atoms with E-state index in [0.29, 0.717) is 13.0 Å². The van der Waals surface area contributed by atoms with Crippen LogP contribution in [0.4, 0.5) is 0 Å². The van der Waals surface area contributed by atoms with Gasteiger partial charge in [0.2, 0.25) is 11.8 Å². The average Bonchev–Trinajstić information content (AvgIpc) is 2.73. The first-order valence-corrected chi connectivity index (χ1v) is 10.5. The Kier molecular flexibility index (Phi) is 7.27. The summed E-state index contributed by atoms with van der Waals surface area (Å²) in [5.41, 5.74) is 1.37. The van der Waals surface area contributed by atoms with Crippen LogP contribution in [0, 0.1) is 5.92 Å². The zero-order valence-corrected chi connectivity index (χ0v) is 16.6. The van der Waals surface area contributed by atoms with Crippen molar-refractivity contribution in [1.82, 2.24) is 14.7 Å². The Bertz CT molecular complexity index is 611. The molecule has 2 aliphatic heterocycles. The normalized spacial score (nSPS) is 21.3. The number of hydrogen-bond donors (Lipinski definition) is 0. The molecule has 5 nitrogen and oxygen atoms in total. The van der Waals surface area contributed by atoms with Crippen LogP contribution in [0.15, 0.2) is 30.3 Å². The number of likely N-dealkylation sites (tertiary alicyclic amines) is 1. The first-order valence-electron chi connectivity index (χ1n) is 10.5. The van der Waals surface area contributed by atoms with Gasteiger partial charge in [0.1, 0.15) is 0 Å². The summed E-state index contributed by atoms with van der Waals surface area (Å²) < 4.78 is 0. The van der Waals surface area contributed by atoms with Crippen LogP contribution < -0.4 is 0 Å². The maximum atomic E-state index is 12.9. The molecule has 0 aromatic heterocycles. The van der Waals surface area contributed by atoms with Crippen molar-refractivity contribution < 1.29 is 9.59 Å². The summed E-state index contributed by atoms with van der Waals surface area (Å²) >= 11 is 0. The van der Waals surface area contributed by atoms with Gasteiger partial charge in [0.05, 0.1) is 5.92 Å². The fourth-order valence-corrected chi connectivity index (χ4v) is 4.16. The number of amides is 2. The Hall–Kier alpha value is -1.88. The predicted octanol–water partition coefficient (Wildman–Crippen LogP) is 2.41. The second-order valence-corrected chi connectivity index (χ2v) is 7.83. The lowest BCUT2D eigenvalue weighted by Gasteiger charge is -2.39. The zero-order valence-electron chi connectivity index (χ0n) is 16.6. The highest BCUT2D eigenvalue weighted by Crippen LogP contribution is 2.21. The topological polar surface area (TPSA) is 43.9 Å². The largest absolute Gasteiger partial charge is 0.342 e. The van der Waals surface area contributed by atoms with Crippen molar-refractivity contribution in [3.05, 3.63) is 35.9 Å². The second-order valence-electron chi connectivity index (χ2n) is 7.83. The minimum Gasteiger partial charge on any atom is -0.342 e. The summed E-state index contributed by atoms with van der Waals surface area (Å²) in [7, 11) is 0. The molecule has 0 N–H and O–H groups in total. The monoisotopic (exact) mass is 371 g/mol. The van der Waals surface area contributed by atoms with Crippen LogP contribution in [0.3, 0.4) is 0 Å². The molecule has 2 saturated heterocycles. The molecule has 0 radical (unpaired) electrons. The van der Waals surface area contributed by atoms with Gasteiger partial charge in [-0.1, -0.05) is 37.3 Å². The SMILES string of the molecule is CCCC(=O)N1CCCC(C(=O)N2CCN(CCc3ccccc3)CC2)C1. The van der Waals surface area contributed by atoms with Gasteiger partial charge in [-0.05, 0) is 31.2 Å². The minimum atomic E-state index is -0.00424. The van der Waals surface area contributed by atoms with Crippen molar-refractivity contribution in [3.8, 4) is 0 Å². The summed E-state index contributed by atoms with van der Waals surface area (Å²) in [4.78, 5) is 31.5. The van der Waals surface area contributed by atoms with Crippen LogP contribution in [0.25, 0.3) is 0 Å². The fraction of sp³-hybridized carbons (Fsp3) is 0.636. The molecule has 1 aromatic rings. The summed E-state index contributed by atoms with van der Waals surface area (Å²) in [5, 5.41) is 0. The van der Waals surface area contributed by atoms with Gasteiger partial charge in [-0.2, -0.15) is 0 Å². The lowest BCUT2D eigenvalue weighted by molar-refractivity contribution is -0.142. The van der Waals surface area contributed by atoms with E-state index >= 15 is 0 Å². The van der Waals surface area contributed by atoms with Crippen molar-refractivity contribution >= 4 is 11.8 Å². The van der Waals surface area contributed by atoms with Crippen LogP contribution in [0.5, 0.6) is 0 Å². The Morgan fingerprint density at radius 1 is 1.00 bits per heavy atom. The molecule has 1 unspecified atom stereocenters. The number of piperidine rings is 1. The molecule has 1 aromatic carbocycles. The maximum absolute atomic E-state index is 12.9. The molecule has 148 valence electrons. The molecule has 0 spiro atoms. The number of rotatable bonds is 6. The van der Waals surface area contributed by atoms with Gasteiger partial charge in [-0.15, -0.1) is 0 Å². The van der Waals surface area contributed by atoms with Gasteiger partial charge in [0.15, 0.2) is 0 Å². The van der Waals surface area contributed by atoms with E-state index in [1.165, 1.54) is 5.56 Å². The molecule has 2 heterocycles. The van der Waals surface area contributed by atoms with Gasteiger partial charge in [0.25, 0.3) is 0 Å². The molecule has 2 aliphatic rings. The Morgan fingerprint density at radius 3 is 2.44 bits per heavy atom.